The summed E-state index contributed by atoms with van der Waals surface area (Å²) in [5, 5.41) is 2.70. The van der Waals surface area contributed by atoms with Gasteiger partial charge in [-0.05, 0) is 44.9 Å². The number of rotatable bonds is 7. The number of nitrogens with one attached hydrogen (secondary N) is 1. The first kappa shape index (κ1) is 16.5. The van der Waals surface area contributed by atoms with Crippen LogP contribution < -0.4 is 5.32 Å². The average molecular weight is 317 g/mol. The van der Waals surface area contributed by atoms with E-state index in [1.165, 1.54) is 0 Å². The fourth-order valence-corrected chi connectivity index (χ4v) is 4.15. The van der Waals surface area contributed by atoms with Crippen LogP contribution in [0.25, 0.3) is 0 Å². The van der Waals surface area contributed by atoms with Gasteiger partial charge in [0, 0.05) is 12.1 Å². The highest BCUT2D eigenvalue weighted by atomic mass is 32.2. The molecule has 2 saturated carbocycles. The van der Waals surface area contributed by atoms with E-state index in [4.69, 9.17) is 8.92 Å². The smallest absolute Gasteiger partial charge is 0.257 e. The van der Waals surface area contributed by atoms with Gasteiger partial charge >= 0.3 is 0 Å². The molecule has 1 amide bonds. The number of hydrogen-bond acceptors (Lipinski definition) is 5. The molecule has 0 spiro atoms. The van der Waals surface area contributed by atoms with Crippen LogP contribution in [0.4, 0.5) is 0 Å². The zero-order valence-electron chi connectivity index (χ0n) is 12.5. The molecular weight excluding hydrogens is 294 g/mol. The van der Waals surface area contributed by atoms with Crippen LogP contribution in [0.2, 0.25) is 0 Å². The van der Waals surface area contributed by atoms with Crippen LogP contribution >= 0.6 is 0 Å². The number of hydrogen-bond donors (Lipinski definition) is 2. The van der Waals surface area contributed by atoms with Gasteiger partial charge in [-0.2, -0.15) is 0 Å². The van der Waals surface area contributed by atoms with E-state index in [-0.39, 0.29) is 11.8 Å². The summed E-state index contributed by atoms with van der Waals surface area (Å²) in [6.45, 7) is 7.82. The molecule has 21 heavy (non-hydrogen) atoms. The van der Waals surface area contributed by atoms with E-state index in [0.717, 1.165) is 19.3 Å². The minimum atomic E-state index is -2.88. The quantitative estimate of drug-likeness (QED) is 0.412. The Kier molecular flexibility index (Phi) is 5.06. The molecule has 6 nitrogen and oxygen atoms in total. The summed E-state index contributed by atoms with van der Waals surface area (Å²) < 4.78 is 32.8. The fourth-order valence-electron chi connectivity index (χ4n) is 3.58. The Hall–Kier alpha value is -0.920. The number of thiol groups is 1. The molecule has 2 aliphatic rings. The van der Waals surface area contributed by atoms with Crippen molar-refractivity contribution in [3.63, 3.8) is 0 Å². The Morgan fingerprint density at radius 1 is 1.43 bits per heavy atom. The van der Waals surface area contributed by atoms with Gasteiger partial charge in [0.05, 0.1) is 12.2 Å². The van der Waals surface area contributed by atoms with Crippen LogP contribution in [0.5, 0.6) is 0 Å². The lowest BCUT2D eigenvalue weighted by Gasteiger charge is -2.39. The van der Waals surface area contributed by atoms with Gasteiger partial charge in [0.25, 0.3) is 11.0 Å². The van der Waals surface area contributed by atoms with E-state index < -0.39 is 22.7 Å². The van der Waals surface area contributed by atoms with Crippen LogP contribution in [0.15, 0.2) is 12.2 Å². The van der Waals surface area contributed by atoms with E-state index in [9.17, 15) is 13.2 Å². The van der Waals surface area contributed by atoms with E-state index in [2.05, 4.69) is 11.9 Å². The third-order valence-electron chi connectivity index (χ3n) is 4.66. The lowest BCUT2D eigenvalue weighted by atomic mass is 9.83. The van der Waals surface area contributed by atoms with E-state index in [0.29, 0.717) is 24.6 Å². The van der Waals surface area contributed by atoms with E-state index in [1.54, 1.807) is 6.92 Å². The lowest BCUT2D eigenvalue weighted by molar-refractivity contribution is -0.129. The number of carbonyl (C=O) groups is 1. The largest absolute Gasteiger partial charge is 0.370 e. The van der Waals surface area contributed by atoms with Gasteiger partial charge < -0.3 is 10.1 Å². The van der Waals surface area contributed by atoms with Gasteiger partial charge in [0.1, 0.15) is 6.10 Å². The topological polar surface area (TPSA) is 81.7 Å². The molecule has 0 aromatic carbocycles. The van der Waals surface area contributed by atoms with Gasteiger partial charge in [-0.1, -0.05) is 6.58 Å². The maximum Gasteiger partial charge on any atom is 0.257 e. The zero-order valence-corrected chi connectivity index (χ0v) is 13.4. The Morgan fingerprint density at radius 2 is 2.14 bits per heavy atom. The van der Waals surface area contributed by atoms with Crippen molar-refractivity contribution in [2.45, 2.75) is 44.8 Å². The van der Waals surface area contributed by atoms with Gasteiger partial charge in [-0.3, -0.25) is 8.98 Å². The molecule has 1 N–H and O–H groups in total. The molecule has 0 aromatic rings. The predicted octanol–water partition coefficient (Wildman–Crippen LogP) is 0.795. The molecule has 0 radical (unpaired) electrons. The Balaban J connectivity index is 1.90. The summed E-state index contributed by atoms with van der Waals surface area (Å²) in [6.07, 6.45) is 2.57. The standard InChI is InChI=1S/C14H23NO5S/c1-9(2)13(16)15-6-7-19-14(3)11-5-4-10(8-11)12(14)20-21(17)18/h10-12,21H,1,4-8H2,2-3H3,(H,15,16). The van der Waals surface area contributed by atoms with Crippen molar-refractivity contribution in [3.05, 3.63) is 12.2 Å². The van der Waals surface area contributed by atoms with Crippen molar-refractivity contribution in [2.75, 3.05) is 13.2 Å². The third kappa shape index (κ3) is 3.46. The highest BCUT2D eigenvalue weighted by Gasteiger charge is 2.57. The molecule has 2 aliphatic carbocycles. The Labute approximate surface area is 127 Å². The third-order valence-corrected chi connectivity index (χ3v) is 5.06. The molecule has 0 saturated heterocycles. The summed E-state index contributed by atoms with van der Waals surface area (Å²) in [5.41, 5.74) is -0.141. The molecule has 2 rings (SSSR count). The lowest BCUT2D eigenvalue weighted by Crippen LogP contribution is -2.49. The molecule has 0 aliphatic heterocycles. The molecule has 0 aromatic heterocycles. The second kappa shape index (κ2) is 6.46. The first-order chi connectivity index (χ1) is 9.84. The minimum absolute atomic E-state index is 0.202. The minimum Gasteiger partial charge on any atom is -0.370 e. The summed E-state index contributed by atoms with van der Waals surface area (Å²) >= 11 is 0. The maximum absolute atomic E-state index is 11.4. The van der Waals surface area contributed by atoms with Crippen molar-refractivity contribution in [1.29, 1.82) is 0 Å². The monoisotopic (exact) mass is 317 g/mol. The predicted molar refractivity (Wildman–Crippen MR) is 78.2 cm³/mol. The SMILES string of the molecule is C=C(C)C(=O)NCCOC1(C)C2CCC(C2)C1O[SH](=O)=O. The van der Waals surface area contributed by atoms with Crippen LogP contribution in [-0.2, 0) is 24.7 Å². The van der Waals surface area contributed by atoms with Crippen molar-refractivity contribution < 1.29 is 22.1 Å². The van der Waals surface area contributed by atoms with Crippen LogP contribution in [0, 0.1) is 11.8 Å². The second-order valence-corrected chi connectivity index (χ2v) is 6.75. The molecule has 0 heterocycles. The summed E-state index contributed by atoms with van der Waals surface area (Å²) in [5.74, 6) is 0.365. The summed E-state index contributed by atoms with van der Waals surface area (Å²) in [6, 6.07) is 0. The molecule has 2 fully saturated rings. The summed E-state index contributed by atoms with van der Waals surface area (Å²) in [4.78, 5) is 11.4. The van der Waals surface area contributed by atoms with E-state index in [1.807, 2.05) is 6.92 Å². The van der Waals surface area contributed by atoms with Crippen molar-refractivity contribution in [1.82, 2.24) is 5.32 Å². The van der Waals surface area contributed by atoms with Crippen LogP contribution in [-0.4, -0.2) is 39.2 Å². The normalized spacial score (nSPS) is 34.3. The number of fused-ring (bicyclic) bond motifs is 2. The Bertz CT molecular complexity index is 496. The van der Waals surface area contributed by atoms with Crippen molar-refractivity contribution in [2.24, 2.45) is 11.8 Å². The zero-order chi connectivity index (χ0) is 15.6. The van der Waals surface area contributed by atoms with Crippen molar-refractivity contribution >= 4 is 16.9 Å². The maximum atomic E-state index is 11.4. The molecule has 4 unspecified atom stereocenters. The number of amides is 1. The second-order valence-electron chi connectivity index (χ2n) is 6.09. The number of ether oxygens (including phenoxy) is 1. The Morgan fingerprint density at radius 3 is 2.76 bits per heavy atom. The molecule has 2 bridgehead atoms. The molecular formula is C14H23NO5S. The fraction of sp³-hybridized carbons (Fsp3) is 0.786. The molecule has 7 heteroatoms. The molecule has 120 valence electrons. The first-order valence-corrected chi connectivity index (χ1v) is 8.33. The highest BCUT2D eigenvalue weighted by Crippen LogP contribution is 2.53. The highest BCUT2D eigenvalue weighted by molar-refractivity contribution is 7.67. The van der Waals surface area contributed by atoms with Gasteiger partial charge in [-0.15, -0.1) is 0 Å². The van der Waals surface area contributed by atoms with Gasteiger partial charge in [0.15, 0.2) is 0 Å². The van der Waals surface area contributed by atoms with Crippen molar-refractivity contribution in [3.8, 4) is 0 Å². The average Bonchev–Trinajstić information content (AvgIpc) is 2.97. The van der Waals surface area contributed by atoms with Crippen LogP contribution in [0.3, 0.4) is 0 Å². The van der Waals surface area contributed by atoms with Crippen LogP contribution in [0.1, 0.15) is 33.1 Å². The molecule has 4 atom stereocenters. The summed E-state index contributed by atoms with van der Waals surface area (Å²) in [7, 11) is -2.88. The van der Waals surface area contributed by atoms with Gasteiger partial charge in [0.2, 0.25) is 5.91 Å². The first-order valence-electron chi connectivity index (χ1n) is 7.23. The van der Waals surface area contributed by atoms with Gasteiger partial charge in [-0.25, -0.2) is 8.42 Å². The van der Waals surface area contributed by atoms with E-state index >= 15 is 0 Å². The number of carbonyl (C=O) groups excluding carboxylic acids is 1.